The molecule has 1 aliphatic rings. The van der Waals surface area contributed by atoms with Crippen molar-refractivity contribution in [1.82, 2.24) is 20.7 Å². The van der Waals surface area contributed by atoms with Crippen molar-refractivity contribution >= 4 is 29.9 Å². The van der Waals surface area contributed by atoms with Gasteiger partial charge in [0.05, 0.1) is 18.9 Å². The fourth-order valence-electron chi connectivity index (χ4n) is 3.45. The summed E-state index contributed by atoms with van der Waals surface area (Å²) in [4.78, 5) is 6.90. The number of ether oxygens (including phenoxy) is 1. The Hall–Kier alpha value is -0.870. The summed E-state index contributed by atoms with van der Waals surface area (Å²) < 4.78 is 10.7. The van der Waals surface area contributed by atoms with E-state index in [1.807, 2.05) is 20.9 Å². The predicted octanol–water partition coefficient (Wildman–Crippen LogP) is 2.36. The molecule has 2 rings (SSSR count). The molecule has 27 heavy (non-hydrogen) atoms. The third kappa shape index (κ3) is 7.95. The fourth-order valence-corrected chi connectivity index (χ4v) is 3.45. The molecule has 0 amide bonds. The average molecular weight is 493 g/mol. The first-order valence-electron chi connectivity index (χ1n) is 9.69. The van der Waals surface area contributed by atoms with E-state index in [1.54, 1.807) is 0 Å². The molecule has 0 radical (unpaired) electrons. The number of aromatic nitrogens is 1. The van der Waals surface area contributed by atoms with Crippen LogP contribution in [-0.4, -0.2) is 68.5 Å². The van der Waals surface area contributed by atoms with E-state index < -0.39 is 0 Å². The molecule has 0 bridgehead atoms. The maximum atomic E-state index is 5.50. The van der Waals surface area contributed by atoms with Crippen LogP contribution in [0.2, 0.25) is 0 Å². The van der Waals surface area contributed by atoms with Gasteiger partial charge in [-0.3, -0.25) is 9.89 Å². The molecule has 8 heteroatoms. The highest BCUT2D eigenvalue weighted by atomic mass is 127. The van der Waals surface area contributed by atoms with E-state index in [-0.39, 0.29) is 24.0 Å². The maximum Gasteiger partial charge on any atom is 0.191 e. The lowest BCUT2D eigenvalue weighted by Gasteiger charge is -2.35. The van der Waals surface area contributed by atoms with Crippen LogP contribution in [0, 0.1) is 19.8 Å². The summed E-state index contributed by atoms with van der Waals surface area (Å²) in [6.45, 7) is 13.9. The predicted molar refractivity (Wildman–Crippen MR) is 120 cm³/mol. The van der Waals surface area contributed by atoms with Crippen LogP contribution in [0.15, 0.2) is 9.52 Å². The zero-order valence-electron chi connectivity index (χ0n) is 17.4. The molecule has 156 valence electrons. The van der Waals surface area contributed by atoms with E-state index in [9.17, 15) is 0 Å². The minimum absolute atomic E-state index is 0. The summed E-state index contributed by atoms with van der Waals surface area (Å²) in [5.41, 5.74) is 2.15. The number of halogens is 1. The Morgan fingerprint density at radius 1 is 1.22 bits per heavy atom. The molecule has 0 spiro atoms. The van der Waals surface area contributed by atoms with Crippen molar-refractivity contribution in [2.45, 2.75) is 46.6 Å². The van der Waals surface area contributed by atoms with Crippen LogP contribution in [0.5, 0.6) is 0 Å². The Morgan fingerprint density at radius 3 is 2.48 bits per heavy atom. The second-order valence-corrected chi connectivity index (χ2v) is 7.36. The number of nitrogens with zero attached hydrogens (tertiary/aromatic N) is 3. The Bertz CT molecular complexity index is 551. The lowest BCUT2D eigenvalue weighted by molar-refractivity contribution is 0.0132. The fraction of sp³-hybridized carbons (Fsp3) is 0.789. The summed E-state index contributed by atoms with van der Waals surface area (Å²) in [5, 5.41) is 10.9. The summed E-state index contributed by atoms with van der Waals surface area (Å²) >= 11 is 0. The van der Waals surface area contributed by atoms with Crippen molar-refractivity contribution in [2.75, 3.05) is 46.4 Å². The van der Waals surface area contributed by atoms with Gasteiger partial charge in [0.2, 0.25) is 0 Å². The van der Waals surface area contributed by atoms with Gasteiger partial charge in [-0.2, -0.15) is 0 Å². The third-order valence-corrected chi connectivity index (χ3v) is 4.88. The molecule has 0 aliphatic carbocycles. The highest BCUT2D eigenvalue weighted by Gasteiger charge is 2.22. The quantitative estimate of drug-likeness (QED) is 0.329. The summed E-state index contributed by atoms with van der Waals surface area (Å²) in [5.74, 6) is 2.41. The first-order chi connectivity index (χ1) is 12.5. The van der Waals surface area contributed by atoms with Crippen LogP contribution in [0.4, 0.5) is 0 Å². The minimum atomic E-state index is 0. The number of aliphatic imine (C=N–C) groups is 1. The van der Waals surface area contributed by atoms with Crippen LogP contribution in [0.3, 0.4) is 0 Å². The molecule has 1 aromatic heterocycles. The van der Waals surface area contributed by atoms with Crippen LogP contribution in [0.1, 0.15) is 37.3 Å². The molecule has 1 atom stereocenters. The van der Waals surface area contributed by atoms with Crippen molar-refractivity contribution in [3.63, 3.8) is 0 Å². The summed E-state index contributed by atoms with van der Waals surface area (Å²) in [6, 6.07) is 0.500. The average Bonchev–Trinajstić information content (AvgIpc) is 2.95. The highest BCUT2D eigenvalue weighted by molar-refractivity contribution is 14.0. The second-order valence-electron chi connectivity index (χ2n) is 7.36. The summed E-state index contributed by atoms with van der Waals surface area (Å²) in [6.07, 6.45) is 2.05. The van der Waals surface area contributed by atoms with E-state index in [0.717, 1.165) is 63.2 Å². The van der Waals surface area contributed by atoms with Crippen molar-refractivity contribution < 1.29 is 9.26 Å². The molecule has 0 aromatic carbocycles. The van der Waals surface area contributed by atoms with Gasteiger partial charge < -0.3 is 19.9 Å². The lowest BCUT2D eigenvalue weighted by atomic mass is 10.0. The van der Waals surface area contributed by atoms with Crippen molar-refractivity contribution in [3.8, 4) is 0 Å². The number of nitrogens with one attached hydrogen (secondary N) is 2. The number of hydrogen-bond donors (Lipinski definition) is 2. The van der Waals surface area contributed by atoms with Gasteiger partial charge in [-0.1, -0.05) is 19.0 Å². The molecule has 2 N–H and O–H groups in total. The zero-order chi connectivity index (χ0) is 18.9. The number of morpholine rings is 1. The lowest BCUT2D eigenvalue weighted by Crippen LogP contribution is -2.51. The number of hydrogen-bond acceptors (Lipinski definition) is 5. The molecule has 1 fully saturated rings. The van der Waals surface area contributed by atoms with Gasteiger partial charge in [-0.05, 0) is 32.6 Å². The SMILES string of the molecule is CN=C(NCCc1c(C)noc1C)NCC(CC(C)C)N1CCOCC1.I. The van der Waals surface area contributed by atoms with Gasteiger partial charge >= 0.3 is 0 Å². The first-order valence-corrected chi connectivity index (χ1v) is 9.69. The molecule has 0 saturated carbocycles. The smallest absolute Gasteiger partial charge is 0.191 e. The maximum absolute atomic E-state index is 5.50. The van der Waals surface area contributed by atoms with Crippen molar-refractivity contribution in [3.05, 3.63) is 17.0 Å². The molecular weight excluding hydrogens is 457 g/mol. The summed E-state index contributed by atoms with van der Waals surface area (Å²) in [7, 11) is 1.82. The number of aryl methyl sites for hydroxylation is 2. The van der Waals surface area contributed by atoms with Crippen LogP contribution < -0.4 is 10.6 Å². The highest BCUT2D eigenvalue weighted by Crippen LogP contribution is 2.13. The van der Waals surface area contributed by atoms with E-state index in [1.165, 1.54) is 12.0 Å². The molecule has 1 aliphatic heterocycles. The Morgan fingerprint density at radius 2 is 1.93 bits per heavy atom. The van der Waals surface area contributed by atoms with Crippen LogP contribution >= 0.6 is 24.0 Å². The van der Waals surface area contributed by atoms with E-state index in [2.05, 4.69) is 39.5 Å². The Balaban J connectivity index is 0.00000364. The van der Waals surface area contributed by atoms with Crippen LogP contribution in [-0.2, 0) is 11.2 Å². The monoisotopic (exact) mass is 493 g/mol. The zero-order valence-corrected chi connectivity index (χ0v) is 19.7. The molecule has 1 saturated heterocycles. The van der Waals surface area contributed by atoms with Crippen LogP contribution in [0.25, 0.3) is 0 Å². The molecule has 1 unspecified atom stereocenters. The van der Waals surface area contributed by atoms with Crippen molar-refractivity contribution in [2.24, 2.45) is 10.9 Å². The number of rotatable bonds is 8. The van der Waals surface area contributed by atoms with Gasteiger partial charge in [-0.25, -0.2) is 0 Å². The normalized spacial score (nSPS) is 16.9. The van der Waals surface area contributed by atoms with Gasteiger partial charge in [0.25, 0.3) is 0 Å². The van der Waals surface area contributed by atoms with Crippen molar-refractivity contribution in [1.29, 1.82) is 0 Å². The minimum Gasteiger partial charge on any atom is -0.379 e. The molecule has 1 aromatic rings. The Labute approximate surface area is 180 Å². The van der Waals surface area contributed by atoms with Gasteiger partial charge in [0.15, 0.2) is 5.96 Å². The van der Waals surface area contributed by atoms with Gasteiger partial charge in [0.1, 0.15) is 5.76 Å². The van der Waals surface area contributed by atoms with Gasteiger partial charge in [0, 0.05) is 44.8 Å². The van der Waals surface area contributed by atoms with E-state index in [4.69, 9.17) is 9.26 Å². The largest absolute Gasteiger partial charge is 0.379 e. The standard InChI is InChI=1S/C19H35N5O2.HI/c1-14(2)12-17(24-8-10-25-11-9-24)13-22-19(20-5)21-7-6-18-15(3)23-26-16(18)4;/h14,17H,6-13H2,1-5H3,(H2,20,21,22);1H. The topological polar surface area (TPSA) is 74.9 Å². The first kappa shape index (κ1) is 24.2. The van der Waals surface area contributed by atoms with Gasteiger partial charge in [-0.15, -0.1) is 24.0 Å². The Kier molecular flexibility index (Phi) is 11.2. The third-order valence-electron chi connectivity index (χ3n) is 4.88. The molecule has 2 heterocycles. The molecular formula is C19H36IN5O2. The number of guanidine groups is 1. The second kappa shape index (κ2) is 12.6. The van der Waals surface area contributed by atoms with E-state index >= 15 is 0 Å². The molecule has 7 nitrogen and oxygen atoms in total. The van der Waals surface area contributed by atoms with E-state index in [0.29, 0.717) is 12.0 Å².